The first-order valence-corrected chi connectivity index (χ1v) is 8.78. The highest BCUT2D eigenvalue weighted by atomic mass is 32.2. The van der Waals surface area contributed by atoms with Gasteiger partial charge in [-0.1, -0.05) is 18.0 Å². The summed E-state index contributed by atoms with van der Waals surface area (Å²) >= 11 is 2.79. The van der Waals surface area contributed by atoms with Crippen molar-refractivity contribution >= 4 is 34.9 Å². The standard InChI is InChI=1S/C15H14FN5S2/c1-8-19-13(9-4-3-5-10(12(9)16)21-22-2)14(23-8)11-6-7-18-15(17)20-11/h3-7,21H,1-2H3,(H2,17,18,20). The molecule has 5 nitrogen and oxygen atoms in total. The van der Waals surface area contributed by atoms with Crippen molar-refractivity contribution in [3.05, 3.63) is 41.3 Å². The average Bonchev–Trinajstić information content (AvgIpc) is 2.91. The van der Waals surface area contributed by atoms with Crippen molar-refractivity contribution in [1.29, 1.82) is 0 Å². The number of anilines is 2. The molecule has 3 rings (SSSR count). The van der Waals surface area contributed by atoms with E-state index >= 15 is 0 Å². The number of thiazole rings is 1. The molecule has 2 aromatic heterocycles. The molecular weight excluding hydrogens is 333 g/mol. The molecule has 3 aromatic rings. The van der Waals surface area contributed by atoms with E-state index in [1.54, 1.807) is 30.5 Å². The number of nitrogens with zero attached hydrogens (tertiary/aromatic N) is 3. The second-order valence-corrected chi connectivity index (χ2v) is 6.50. The smallest absolute Gasteiger partial charge is 0.220 e. The van der Waals surface area contributed by atoms with Gasteiger partial charge in [-0.2, -0.15) is 0 Å². The van der Waals surface area contributed by atoms with Gasteiger partial charge in [0, 0.05) is 18.0 Å². The van der Waals surface area contributed by atoms with Crippen molar-refractivity contribution in [2.45, 2.75) is 6.92 Å². The van der Waals surface area contributed by atoms with Gasteiger partial charge < -0.3 is 10.5 Å². The quantitative estimate of drug-likeness (QED) is 0.695. The molecule has 2 heterocycles. The van der Waals surface area contributed by atoms with Crippen LogP contribution in [-0.4, -0.2) is 21.2 Å². The third kappa shape index (κ3) is 3.13. The van der Waals surface area contributed by atoms with Crippen LogP contribution in [0.3, 0.4) is 0 Å². The summed E-state index contributed by atoms with van der Waals surface area (Å²) in [7, 11) is 0. The maximum absolute atomic E-state index is 14.8. The van der Waals surface area contributed by atoms with Crippen molar-refractivity contribution in [2.24, 2.45) is 0 Å². The Balaban J connectivity index is 2.17. The predicted octanol–water partition coefficient (Wildman–Crippen LogP) is 3.99. The van der Waals surface area contributed by atoms with Gasteiger partial charge in [0.25, 0.3) is 0 Å². The Hall–Kier alpha value is -2.19. The van der Waals surface area contributed by atoms with Gasteiger partial charge >= 0.3 is 0 Å². The molecule has 0 amide bonds. The van der Waals surface area contributed by atoms with E-state index in [4.69, 9.17) is 5.73 Å². The van der Waals surface area contributed by atoms with Crippen LogP contribution >= 0.6 is 23.3 Å². The van der Waals surface area contributed by atoms with E-state index in [0.29, 0.717) is 22.6 Å². The Kier molecular flexibility index (Phi) is 4.44. The lowest BCUT2D eigenvalue weighted by molar-refractivity contribution is 0.635. The first kappa shape index (κ1) is 15.7. The number of aromatic nitrogens is 3. The highest BCUT2D eigenvalue weighted by Gasteiger charge is 2.19. The van der Waals surface area contributed by atoms with Crippen LogP contribution in [0.4, 0.5) is 16.0 Å². The molecule has 0 aliphatic heterocycles. The summed E-state index contributed by atoms with van der Waals surface area (Å²) in [4.78, 5) is 13.4. The Labute approximate surface area is 141 Å². The summed E-state index contributed by atoms with van der Waals surface area (Å²) < 4.78 is 17.7. The summed E-state index contributed by atoms with van der Waals surface area (Å²) in [6, 6.07) is 6.94. The van der Waals surface area contributed by atoms with E-state index in [1.807, 2.05) is 13.2 Å². The van der Waals surface area contributed by atoms with Gasteiger partial charge in [-0.3, -0.25) is 0 Å². The molecule has 0 aliphatic rings. The number of hydrogen-bond donors (Lipinski definition) is 2. The molecule has 1 aromatic carbocycles. The SMILES string of the molecule is CSNc1cccc(-c2nc(C)sc2-c2ccnc(N)n2)c1F. The van der Waals surface area contributed by atoms with Gasteiger partial charge in [0.05, 0.1) is 27.0 Å². The number of halogens is 1. The summed E-state index contributed by atoms with van der Waals surface area (Å²) in [5, 5.41) is 0.829. The van der Waals surface area contributed by atoms with E-state index in [-0.39, 0.29) is 11.8 Å². The summed E-state index contributed by atoms with van der Waals surface area (Å²) in [5.74, 6) is -0.159. The van der Waals surface area contributed by atoms with Gasteiger partial charge in [-0.25, -0.2) is 19.3 Å². The van der Waals surface area contributed by atoms with Gasteiger partial charge in [-0.05, 0) is 25.1 Å². The van der Waals surface area contributed by atoms with Gasteiger partial charge in [-0.15, -0.1) is 11.3 Å². The molecule has 0 bridgehead atoms. The number of aryl methyl sites for hydroxylation is 1. The normalized spacial score (nSPS) is 10.7. The molecule has 118 valence electrons. The van der Waals surface area contributed by atoms with E-state index in [1.165, 1.54) is 23.3 Å². The van der Waals surface area contributed by atoms with Crippen LogP contribution in [-0.2, 0) is 0 Å². The number of benzene rings is 1. The van der Waals surface area contributed by atoms with Crippen LogP contribution in [0, 0.1) is 12.7 Å². The molecule has 23 heavy (non-hydrogen) atoms. The van der Waals surface area contributed by atoms with Crippen LogP contribution < -0.4 is 10.5 Å². The van der Waals surface area contributed by atoms with Crippen molar-refractivity contribution in [3.8, 4) is 21.8 Å². The Morgan fingerprint density at radius 1 is 1.26 bits per heavy atom. The van der Waals surface area contributed by atoms with Crippen molar-refractivity contribution < 1.29 is 4.39 Å². The van der Waals surface area contributed by atoms with Crippen LogP contribution in [0.2, 0.25) is 0 Å². The third-order valence-corrected chi connectivity index (χ3v) is 4.52. The minimum Gasteiger partial charge on any atom is -0.368 e. The topological polar surface area (TPSA) is 76.7 Å². The molecule has 0 radical (unpaired) electrons. The summed E-state index contributed by atoms with van der Waals surface area (Å²) in [6.07, 6.45) is 3.42. The number of hydrogen-bond acceptors (Lipinski definition) is 7. The molecule has 0 saturated heterocycles. The maximum atomic E-state index is 14.8. The minimum atomic E-state index is -0.338. The zero-order chi connectivity index (χ0) is 16.4. The lowest BCUT2D eigenvalue weighted by Gasteiger charge is -2.08. The number of nitrogens with one attached hydrogen (secondary N) is 1. The monoisotopic (exact) mass is 347 g/mol. The van der Waals surface area contributed by atoms with Crippen LogP contribution in [0.1, 0.15) is 5.01 Å². The van der Waals surface area contributed by atoms with Crippen molar-refractivity contribution in [2.75, 3.05) is 16.7 Å². The fraction of sp³-hybridized carbons (Fsp3) is 0.133. The minimum absolute atomic E-state index is 0.178. The highest BCUT2D eigenvalue weighted by Crippen LogP contribution is 2.38. The van der Waals surface area contributed by atoms with E-state index < -0.39 is 0 Å². The van der Waals surface area contributed by atoms with Crippen LogP contribution in [0.5, 0.6) is 0 Å². The summed E-state index contributed by atoms with van der Waals surface area (Å²) in [5.41, 5.74) is 7.72. The van der Waals surface area contributed by atoms with Gasteiger partial charge in [0.1, 0.15) is 0 Å². The molecule has 0 unspecified atom stereocenters. The first-order valence-electron chi connectivity index (χ1n) is 6.74. The summed E-state index contributed by atoms with van der Waals surface area (Å²) in [6.45, 7) is 1.88. The number of nitrogen functional groups attached to an aromatic ring is 1. The second kappa shape index (κ2) is 6.51. The van der Waals surface area contributed by atoms with Crippen molar-refractivity contribution in [1.82, 2.24) is 15.0 Å². The molecule has 0 saturated carbocycles. The maximum Gasteiger partial charge on any atom is 0.220 e. The zero-order valence-corrected chi connectivity index (χ0v) is 14.1. The van der Waals surface area contributed by atoms with E-state index in [9.17, 15) is 4.39 Å². The number of rotatable bonds is 4. The Morgan fingerprint density at radius 2 is 2.09 bits per heavy atom. The van der Waals surface area contributed by atoms with Gasteiger partial charge in [0.2, 0.25) is 5.95 Å². The zero-order valence-electron chi connectivity index (χ0n) is 12.5. The molecule has 0 fully saturated rings. The van der Waals surface area contributed by atoms with E-state index in [0.717, 1.165) is 9.88 Å². The highest BCUT2D eigenvalue weighted by molar-refractivity contribution is 7.99. The molecule has 0 atom stereocenters. The van der Waals surface area contributed by atoms with Crippen LogP contribution in [0.15, 0.2) is 30.5 Å². The molecular formula is C15H14FN5S2. The lowest BCUT2D eigenvalue weighted by atomic mass is 10.1. The van der Waals surface area contributed by atoms with Gasteiger partial charge in [0.15, 0.2) is 5.82 Å². The number of nitrogens with two attached hydrogens (primary N) is 1. The Morgan fingerprint density at radius 3 is 2.83 bits per heavy atom. The molecule has 8 heteroatoms. The van der Waals surface area contributed by atoms with Crippen molar-refractivity contribution in [3.63, 3.8) is 0 Å². The molecule has 3 N–H and O–H groups in total. The van der Waals surface area contributed by atoms with Crippen LogP contribution in [0.25, 0.3) is 21.8 Å². The fourth-order valence-corrected chi connectivity index (χ4v) is 3.47. The largest absolute Gasteiger partial charge is 0.368 e. The first-order chi connectivity index (χ1) is 11.1. The molecule has 0 aliphatic carbocycles. The average molecular weight is 347 g/mol. The Bertz CT molecular complexity index is 850. The predicted molar refractivity (Wildman–Crippen MR) is 94.8 cm³/mol. The van der Waals surface area contributed by atoms with E-state index in [2.05, 4.69) is 19.7 Å². The second-order valence-electron chi connectivity index (χ2n) is 4.68. The fourth-order valence-electron chi connectivity index (χ4n) is 2.19. The molecule has 0 spiro atoms. The third-order valence-electron chi connectivity index (χ3n) is 3.11. The lowest BCUT2D eigenvalue weighted by Crippen LogP contribution is -1.96.